The molecule has 1 atom stereocenters. The molecule has 7 heteroatoms. The largest absolute Gasteiger partial charge is 0.454 e. The number of furan rings is 2. The number of pyridine rings is 1. The fraction of sp³-hybridized carbons (Fsp3) is 0.132. The topological polar surface area (TPSA) is 45.7 Å². The number of rotatable bonds is 13. The van der Waals surface area contributed by atoms with Gasteiger partial charge in [-0.05, 0) is 148 Å². The highest BCUT2D eigenvalue weighted by atomic mass is 32.2. The fourth-order valence-electron chi connectivity index (χ4n) is 11.8. The quantitative estimate of drug-likeness (QED) is 0.107. The first-order valence-electron chi connectivity index (χ1n) is 26.1. The molecule has 5 nitrogen and oxygen atoms in total. The summed E-state index contributed by atoms with van der Waals surface area (Å²) in [4.78, 5) is 9.41. The Morgan fingerprint density at radius 1 is 0.533 bits per heavy atom. The van der Waals surface area contributed by atoms with Crippen molar-refractivity contribution in [3.05, 3.63) is 252 Å². The van der Waals surface area contributed by atoms with E-state index in [1.54, 1.807) is 6.20 Å². The zero-order valence-electron chi connectivity index (χ0n) is 42.9. The van der Waals surface area contributed by atoms with Crippen LogP contribution in [-0.4, -0.2) is 25.1 Å². The van der Waals surface area contributed by atoms with Crippen LogP contribution in [0.3, 0.4) is 0 Å². The van der Waals surface area contributed by atoms with E-state index in [1.807, 2.05) is 17.8 Å². The van der Waals surface area contributed by atoms with Crippen LogP contribution in [0.2, 0.25) is 19.6 Å². The zero-order chi connectivity index (χ0) is 50.8. The summed E-state index contributed by atoms with van der Waals surface area (Å²) in [5.74, 6) is 1.57. The number of para-hydroxylation sites is 2. The molecule has 3 aromatic heterocycles. The molecule has 1 aliphatic rings. The van der Waals surface area contributed by atoms with E-state index < -0.39 is 13.5 Å². The molecule has 0 saturated heterocycles. The first-order valence-corrected chi connectivity index (χ1v) is 31.0. The standard InChI is InChI=1S/C68H57N3O2SSi/c1-45(39-41-74-2)46-27-29-50(30-28-46)70(53-33-37-55-56-25-17-40-69-67(56)73-63(55)43-53)52-34-38-57-59(42-52)68(47-18-9-6-10-19-47,48-20-11-7-12-21-48)60-44-61(66-65(64(57)60)58-24-15-16-26-62(58)72-66)71(49-22-13-8-14-23-49)51-31-35-54(36-32-51)75(3,4)5/h6-38,40,42-45H,39,41H2,1-5H3/t45-/m1/s1. The highest BCUT2D eigenvalue weighted by molar-refractivity contribution is 7.98. The SMILES string of the molecule is CSCC[C@@H](C)c1ccc(N(c2ccc3c(c2)C(c2ccccc2)(c2ccccc2)c2cc(N(c4ccccc4)c4ccc([Si](C)(C)C)cc4)c4oc5ccccc5c4c2-3)c2ccc3c(c2)oc2ncccc23)cc1. The van der Waals surface area contributed by atoms with Gasteiger partial charge in [0.05, 0.1) is 19.2 Å². The van der Waals surface area contributed by atoms with E-state index in [0.717, 1.165) is 84.6 Å². The van der Waals surface area contributed by atoms with Crippen LogP contribution >= 0.6 is 11.8 Å². The molecule has 0 bridgehead atoms. The van der Waals surface area contributed by atoms with Crippen molar-refractivity contribution in [1.82, 2.24) is 4.98 Å². The van der Waals surface area contributed by atoms with E-state index >= 15 is 0 Å². The molecule has 75 heavy (non-hydrogen) atoms. The predicted octanol–water partition coefficient (Wildman–Crippen LogP) is 18.6. The van der Waals surface area contributed by atoms with Gasteiger partial charge >= 0.3 is 0 Å². The number of benzene rings is 9. The summed E-state index contributed by atoms with van der Waals surface area (Å²) in [6, 6.07) is 80.4. The Bertz CT molecular complexity index is 4010. The summed E-state index contributed by atoms with van der Waals surface area (Å²) >= 11 is 1.91. The van der Waals surface area contributed by atoms with Crippen molar-refractivity contribution in [2.45, 2.75) is 44.3 Å². The summed E-state index contributed by atoms with van der Waals surface area (Å²) in [6.07, 6.45) is 5.11. The Morgan fingerprint density at radius 2 is 1.13 bits per heavy atom. The molecule has 0 spiro atoms. The van der Waals surface area contributed by atoms with Gasteiger partial charge in [-0.1, -0.05) is 159 Å². The minimum absolute atomic E-state index is 0.443. The highest BCUT2D eigenvalue weighted by Gasteiger charge is 2.48. The maximum absolute atomic E-state index is 7.23. The monoisotopic (exact) mass is 1010 g/mol. The van der Waals surface area contributed by atoms with Crippen molar-refractivity contribution in [2.24, 2.45) is 0 Å². The van der Waals surface area contributed by atoms with E-state index in [1.165, 1.54) is 44.1 Å². The van der Waals surface area contributed by atoms with Crippen LogP contribution in [0.25, 0.3) is 55.1 Å². The number of aromatic nitrogens is 1. The van der Waals surface area contributed by atoms with Crippen LogP contribution in [0.5, 0.6) is 0 Å². The smallest absolute Gasteiger partial charge is 0.227 e. The van der Waals surface area contributed by atoms with Crippen LogP contribution in [0.4, 0.5) is 34.1 Å². The van der Waals surface area contributed by atoms with Gasteiger partial charge in [-0.3, -0.25) is 0 Å². The van der Waals surface area contributed by atoms with Crippen molar-refractivity contribution in [3.8, 4) is 11.1 Å². The molecule has 12 aromatic rings. The maximum atomic E-state index is 7.23. The lowest BCUT2D eigenvalue weighted by atomic mass is 9.67. The summed E-state index contributed by atoms with van der Waals surface area (Å²) in [5.41, 5.74) is 17.0. The van der Waals surface area contributed by atoms with E-state index in [-0.39, 0.29) is 0 Å². The Morgan fingerprint density at radius 3 is 1.84 bits per heavy atom. The third kappa shape index (κ3) is 7.79. The average molecular weight is 1010 g/mol. The van der Waals surface area contributed by atoms with Crippen LogP contribution in [0, 0.1) is 0 Å². The van der Waals surface area contributed by atoms with Gasteiger partial charge in [0.2, 0.25) is 5.71 Å². The van der Waals surface area contributed by atoms with Gasteiger partial charge in [0, 0.05) is 62.2 Å². The van der Waals surface area contributed by atoms with Gasteiger partial charge in [-0.2, -0.15) is 11.8 Å². The van der Waals surface area contributed by atoms with Crippen molar-refractivity contribution < 1.29 is 8.83 Å². The Hall–Kier alpha value is -8.10. The number of nitrogens with zero attached hydrogens (tertiary/aromatic N) is 3. The maximum Gasteiger partial charge on any atom is 0.227 e. The highest BCUT2D eigenvalue weighted by Crippen LogP contribution is 2.62. The zero-order valence-corrected chi connectivity index (χ0v) is 44.7. The van der Waals surface area contributed by atoms with Gasteiger partial charge in [-0.25, -0.2) is 4.98 Å². The van der Waals surface area contributed by atoms with Crippen LogP contribution in [0.15, 0.2) is 233 Å². The first-order chi connectivity index (χ1) is 36.7. The number of fused-ring (bicyclic) bond motifs is 10. The normalized spacial score (nSPS) is 13.3. The average Bonchev–Trinajstić information content (AvgIpc) is 4.14. The molecule has 366 valence electrons. The van der Waals surface area contributed by atoms with Gasteiger partial charge in [0.15, 0.2) is 5.58 Å². The Balaban J connectivity index is 1.11. The van der Waals surface area contributed by atoms with Crippen molar-refractivity contribution in [3.63, 3.8) is 0 Å². The number of hydrogen-bond donors (Lipinski definition) is 0. The van der Waals surface area contributed by atoms with Crippen LogP contribution in [-0.2, 0) is 5.41 Å². The molecule has 3 heterocycles. The second-order valence-electron chi connectivity index (χ2n) is 21.0. The van der Waals surface area contributed by atoms with Gasteiger partial charge < -0.3 is 18.6 Å². The molecule has 1 aliphatic carbocycles. The second kappa shape index (κ2) is 18.7. The second-order valence-corrected chi connectivity index (χ2v) is 27.1. The van der Waals surface area contributed by atoms with Crippen LogP contribution < -0.4 is 15.0 Å². The Kier molecular flexibility index (Phi) is 11.6. The number of thioether (sulfide) groups is 1. The third-order valence-electron chi connectivity index (χ3n) is 15.6. The molecular weight excluding hydrogens is 951 g/mol. The minimum Gasteiger partial charge on any atom is -0.454 e. The lowest BCUT2D eigenvalue weighted by Crippen LogP contribution is -2.37. The van der Waals surface area contributed by atoms with Gasteiger partial charge in [-0.15, -0.1) is 0 Å². The molecular formula is C68H57N3O2SSi. The van der Waals surface area contributed by atoms with Gasteiger partial charge in [0.25, 0.3) is 0 Å². The molecule has 0 amide bonds. The minimum atomic E-state index is -1.60. The van der Waals surface area contributed by atoms with Crippen molar-refractivity contribution in [1.29, 1.82) is 0 Å². The summed E-state index contributed by atoms with van der Waals surface area (Å²) in [6.45, 7) is 9.57. The molecule has 13 rings (SSSR count). The molecule has 0 N–H and O–H groups in total. The molecule has 0 radical (unpaired) electrons. The number of anilines is 6. The summed E-state index contributed by atoms with van der Waals surface area (Å²) in [7, 11) is -1.60. The first kappa shape index (κ1) is 46.7. The Labute approximate surface area is 444 Å². The lowest BCUT2D eigenvalue weighted by molar-refractivity contribution is 0.654. The van der Waals surface area contributed by atoms with E-state index in [0.29, 0.717) is 11.6 Å². The van der Waals surface area contributed by atoms with E-state index in [9.17, 15) is 0 Å². The molecule has 0 fully saturated rings. The predicted molar refractivity (Wildman–Crippen MR) is 320 cm³/mol. The lowest BCUT2D eigenvalue weighted by Gasteiger charge is -2.35. The molecule has 0 aliphatic heterocycles. The van der Waals surface area contributed by atoms with E-state index in [4.69, 9.17) is 8.83 Å². The molecule has 0 saturated carbocycles. The summed E-state index contributed by atoms with van der Waals surface area (Å²) < 4.78 is 13.7. The van der Waals surface area contributed by atoms with E-state index in [2.05, 4.69) is 260 Å². The number of hydrogen-bond acceptors (Lipinski definition) is 6. The van der Waals surface area contributed by atoms with Gasteiger partial charge in [0.1, 0.15) is 11.2 Å². The third-order valence-corrected chi connectivity index (χ3v) is 18.3. The van der Waals surface area contributed by atoms with Crippen LogP contribution in [0.1, 0.15) is 47.1 Å². The van der Waals surface area contributed by atoms with Crippen molar-refractivity contribution in [2.75, 3.05) is 21.8 Å². The van der Waals surface area contributed by atoms with Crippen molar-refractivity contribution >= 4 is 103 Å². The fourth-order valence-corrected chi connectivity index (χ4v) is 13.6. The molecule has 0 unspecified atom stereocenters. The molecule has 9 aromatic carbocycles. The summed E-state index contributed by atoms with van der Waals surface area (Å²) in [5, 5.41) is 5.65.